The fourth-order valence-corrected chi connectivity index (χ4v) is 3.57. The van der Waals surface area contributed by atoms with E-state index in [-0.39, 0.29) is 23.1 Å². The average Bonchev–Trinajstić information content (AvgIpc) is 2.65. The summed E-state index contributed by atoms with van der Waals surface area (Å²) in [6.07, 6.45) is -0.0339. The molecule has 0 bridgehead atoms. The quantitative estimate of drug-likeness (QED) is 0.820. The van der Waals surface area contributed by atoms with Crippen molar-refractivity contribution in [2.45, 2.75) is 11.7 Å². The molecule has 1 aliphatic heterocycles. The molecule has 0 radical (unpaired) electrons. The second-order valence-corrected chi connectivity index (χ2v) is 7.18. The Morgan fingerprint density at radius 2 is 2.00 bits per heavy atom. The highest BCUT2D eigenvalue weighted by Crippen LogP contribution is 2.29. The number of benzene rings is 2. The van der Waals surface area contributed by atoms with Gasteiger partial charge in [0.25, 0.3) is 0 Å². The summed E-state index contributed by atoms with van der Waals surface area (Å²) in [7, 11) is 1.54. The Morgan fingerprint density at radius 1 is 1.25 bits per heavy atom. The lowest BCUT2D eigenvalue weighted by atomic mass is 10.2. The van der Waals surface area contributed by atoms with E-state index < -0.39 is 22.9 Å². The van der Waals surface area contributed by atoms with Crippen molar-refractivity contribution in [3.63, 3.8) is 0 Å². The van der Waals surface area contributed by atoms with Crippen molar-refractivity contribution in [2.24, 2.45) is 4.99 Å². The van der Waals surface area contributed by atoms with Crippen LogP contribution in [-0.4, -0.2) is 45.3 Å². The van der Waals surface area contributed by atoms with Crippen molar-refractivity contribution in [1.29, 1.82) is 0 Å². The first-order chi connectivity index (χ1) is 13.3. The molecule has 7 nitrogen and oxygen atoms in total. The number of thioether (sulfide) groups is 1. The maximum Gasteiger partial charge on any atom is 0.335 e. The van der Waals surface area contributed by atoms with E-state index in [1.54, 1.807) is 12.1 Å². The molecule has 0 spiro atoms. The lowest BCUT2D eigenvalue weighted by Gasteiger charge is -2.28. The molecule has 0 aromatic heterocycles. The van der Waals surface area contributed by atoms with E-state index in [9.17, 15) is 18.8 Å². The molecule has 3 rings (SSSR count). The van der Waals surface area contributed by atoms with Crippen molar-refractivity contribution in [3.8, 4) is 0 Å². The topological polar surface area (TPSA) is 99.1 Å². The molecule has 1 saturated heterocycles. The molecule has 1 fully saturated rings. The minimum Gasteiger partial charge on any atom is -0.478 e. The molecule has 9 heteroatoms. The van der Waals surface area contributed by atoms with Crippen LogP contribution in [0.5, 0.6) is 0 Å². The lowest BCUT2D eigenvalue weighted by Crippen LogP contribution is -2.43. The Kier molecular flexibility index (Phi) is 5.74. The van der Waals surface area contributed by atoms with E-state index in [1.807, 2.05) is 0 Å². The second-order valence-electron chi connectivity index (χ2n) is 6.01. The summed E-state index contributed by atoms with van der Waals surface area (Å²) in [5.41, 5.74) is 0.691. The number of halogens is 1. The number of hydrogen-bond donors (Lipinski definition) is 2. The number of carboxylic acids is 1. The summed E-state index contributed by atoms with van der Waals surface area (Å²) in [5.74, 6) is -2.30. The maximum atomic E-state index is 13.4. The monoisotopic (exact) mass is 401 g/mol. The van der Waals surface area contributed by atoms with Gasteiger partial charge in [-0.25, -0.2) is 14.2 Å². The van der Waals surface area contributed by atoms with Crippen molar-refractivity contribution in [2.75, 3.05) is 12.4 Å². The van der Waals surface area contributed by atoms with Crippen LogP contribution in [-0.2, 0) is 9.59 Å². The molecule has 2 aromatic carbocycles. The number of rotatable bonds is 4. The zero-order valence-corrected chi connectivity index (χ0v) is 15.6. The Labute approximate surface area is 164 Å². The summed E-state index contributed by atoms with van der Waals surface area (Å²) in [4.78, 5) is 41.5. The minimum atomic E-state index is -1.11. The first-order valence-corrected chi connectivity index (χ1v) is 9.13. The Hall–Kier alpha value is -3.20. The van der Waals surface area contributed by atoms with Gasteiger partial charge in [0.05, 0.1) is 11.3 Å². The summed E-state index contributed by atoms with van der Waals surface area (Å²) >= 11 is 1.09. The number of amides is 2. The molecule has 2 aromatic rings. The zero-order valence-electron chi connectivity index (χ0n) is 14.8. The van der Waals surface area contributed by atoms with Gasteiger partial charge < -0.3 is 10.4 Å². The molecule has 28 heavy (non-hydrogen) atoms. The van der Waals surface area contributed by atoms with Gasteiger partial charge in [0, 0.05) is 19.2 Å². The number of amidine groups is 1. The molecule has 0 unspecified atom stereocenters. The van der Waals surface area contributed by atoms with Crippen LogP contribution in [0.25, 0.3) is 0 Å². The second kappa shape index (κ2) is 8.22. The van der Waals surface area contributed by atoms with Gasteiger partial charge in [-0.2, -0.15) is 0 Å². The van der Waals surface area contributed by atoms with Crippen LogP contribution in [0.3, 0.4) is 0 Å². The predicted molar refractivity (Wildman–Crippen MR) is 104 cm³/mol. The van der Waals surface area contributed by atoms with Crippen LogP contribution in [0.1, 0.15) is 16.8 Å². The SMILES string of the molecule is CN1C(=O)C[C@H](C(=O)Nc2cccc(C(=O)O)c2)SC1=Nc1cccc(F)c1. The molecule has 0 aliphatic carbocycles. The third-order valence-electron chi connectivity index (χ3n) is 3.97. The predicted octanol–water partition coefficient (Wildman–Crippen LogP) is 3.11. The number of nitrogens with zero attached hydrogens (tertiary/aromatic N) is 2. The van der Waals surface area contributed by atoms with E-state index in [4.69, 9.17) is 5.11 Å². The summed E-state index contributed by atoms with van der Waals surface area (Å²) < 4.78 is 13.4. The lowest BCUT2D eigenvalue weighted by molar-refractivity contribution is -0.128. The number of aromatic carboxylic acids is 1. The van der Waals surface area contributed by atoms with Crippen LogP contribution in [0.4, 0.5) is 15.8 Å². The molecule has 1 atom stereocenters. The van der Waals surface area contributed by atoms with Crippen LogP contribution < -0.4 is 5.32 Å². The standard InChI is InChI=1S/C19H16FN3O4S/c1-23-16(24)10-15(28-19(23)22-14-7-3-5-12(20)9-14)17(25)21-13-6-2-4-11(8-13)18(26)27/h2-9,15H,10H2,1H3,(H,21,25)(H,26,27)/t15-/m1/s1. The number of carbonyl (C=O) groups excluding carboxylic acids is 2. The first-order valence-electron chi connectivity index (χ1n) is 8.25. The van der Waals surface area contributed by atoms with E-state index in [0.717, 1.165) is 11.8 Å². The van der Waals surface area contributed by atoms with Crippen LogP contribution in [0, 0.1) is 5.82 Å². The summed E-state index contributed by atoms with van der Waals surface area (Å²) in [6, 6.07) is 11.4. The fourth-order valence-electron chi connectivity index (χ4n) is 2.51. The molecule has 2 amide bonds. The van der Waals surface area contributed by atoms with Gasteiger partial charge in [0.1, 0.15) is 11.1 Å². The van der Waals surface area contributed by atoms with Gasteiger partial charge in [0.15, 0.2) is 5.17 Å². The summed E-state index contributed by atoms with van der Waals surface area (Å²) in [6.45, 7) is 0. The fraction of sp³-hybridized carbons (Fsp3) is 0.158. The number of carboxylic acid groups (broad SMARTS) is 1. The molecule has 2 N–H and O–H groups in total. The van der Waals surface area contributed by atoms with Crippen molar-refractivity contribution in [3.05, 3.63) is 59.9 Å². The normalized spacial score (nSPS) is 18.2. The zero-order chi connectivity index (χ0) is 20.3. The number of nitrogens with one attached hydrogen (secondary N) is 1. The number of carbonyl (C=O) groups is 3. The van der Waals surface area contributed by atoms with Gasteiger partial charge in [-0.15, -0.1) is 0 Å². The van der Waals surface area contributed by atoms with Crippen LogP contribution in [0.2, 0.25) is 0 Å². The highest BCUT2D eigenvalue weighted by molar-refractivity contribution is 8.15. The van der Waals surface area contributed by atoms with Crippen molar-refractivity contribution < 1.29 is 23.9 Å². The van der Waals surface area contributed by atoms with E-state index in [1.165, 1.54) is 48.3 Å². The molecule has 144 valence electrons. The van der Waals surface area contributed by atoms with E-state index in [0.29, 0.717) is 11.4 Å². The third-order valence-corrected chi connectivity index (χ3v) is 5.21. The largest absolute Gasteiger partial charge is 0.478 e. The summed E-state index contributed by atoms with van der Waals surface area (Å²) in [5, 5.41) is 11.2. The minimum absolute atomic E-state index is 0.0339. The van der Waals surface area contributed by atoms with Crippen LogP contribution >= 0.6 is 11.8 Å². The number of anilines is 1. The smallest absolute Gasteiger partial charge is 0.335 e. The molecule has 1 heterocycles. The van der Waals surface area contributed by atoms with Crippen LogP contribution in [0.15, 0.2) is 53.5 Å². The molecule has 0 saturated carbocycles. The third kappa shape index (κ3) is 4.55. The Morgan fingerprint density at radius 3 is 2.71 bits per heavy atom. The molecule has 1 aliphatic rings. The molecular formula is C19H16FN3O4S. The highest BCUT2D eigenvalue weighted by atomic mass is 32.2. The highest BCUT2D eigenvalue weighted by Gasteiger charge is 2.34. The first kappa shape index (κ1) is 19.6. The van der Waals surface area contributed by atoms with Crippen molar-refractivity contribution >= 4 is 46.1 Å². The number of aliphatic imine (C=N–C) groups is 1. The van der Waals surface area contributed by atoms with E-state index >= 15 is 0 Å². The van der Waals surface area contributed by atoms with Gasteiger partial charge in [-0.1, -0.05) is 23.9 Å². The van der Waals surface area contributed by atoms with Crippen molar-refractivity contribution in [1.82, 2.24) is 4.90 Å². The maximum absolute atomic E-state index is 13.4. The Bertz CT molecular complexity index is 979. The molecular weight excluding hydrogens is 385 g/mol. The Balaban J connectivity index is 1.78. The van der Waals surface area contributed by atoms with Gasteiger partial charge in [-0.3, -0.25) is 14.5 Å². The number of hydrogen-bond acceptors (Lipinski definition) is 5. The average molecular weight is 401 g/mol. The van der Waals surface area contributed by atoms with E-state index in [2.05, 4.69) is 10.3 Å². The van der Waals surface area contributed by atoms with Gasteiger partial charge in [-0.05, 0) is 36.4 Å². The van der Waals surface area contributed by atoms with Gasteiger partial charge in [0.2, 0.25) is 11.8 Å². The van der Waals surface area contributed by atoms with Gasteiger partial charge >= 0.3 is 5.97 Å².